The minimum absolute atomic E-state index is 0.469. The Labute approximate surface area is 765 Å². The summed E-state index contributed by atoms with van der Waals surface area (Å²) in [6, 6.07) is -7.94. The second-order valence-corrected chi connectivity index (χ2v) is 34.6. The van der Waals surface area contributed by atoms with Gasteiger partial charge in [-0.15, -0.1) is 0 Å². The molecule has 9 aliphatic heterocycles. The maximum Gasteiger partial charge on any atom is 0.472 e. The molecule has 9 saturated heterocycles. The number of amides is 4. The molecule has 9 heterocycles. The third-order valence-corrected chi connectivity index (χ3v) is 24.5. The van der Waals surface area contributed by atoms with E-state index in [-0.39, 0.29) is 0 Å². The summed E-state index contributed by atoms with van der Waals surface area (Å²) < 4.78 is 130. The molecule has 62 heteroatoms. The van der Waals surface area contributed by atoms with Crippen LogP contribution in [0.5, 0.6) is 0 Å². The molecule has 0 aliphatic carbocycles. The molecule has 786 valence electrons. The average Bonchev–Trinajstić information content (AvgIpc) is 0.771. The monoisotopic (exact) mass is 2000 g/mol. The standard InChI is InChI=1S/C73H128N5O56P/c1-20(89)75-25(7-74-5-6-116-135(113,114)117-18-24(93)8-79)39(95)57(26(94)9-80)127-71-56(112)62(44(100)35(126-71)19-115-72-63(51(107)43(99)30(13-84)121-72)133-66-37(77-22(3)91)46(102)59(32(15-86)123-66)130-69-53(109)49(105)41(97)28(11-82)119-69)132-73-64(134-67-38(78-23(4)92)47(103)60(33(16-87)124-67)131-70-54(110)50(106)42(98)29(12-83)120-70)55(111)61(34(17-88)125-73)128-65-36(76-21(2)90)45(101)58(31(14-85)122-65)129-68-52(108)48(104)40(96)27(10-81)118-68/h24-74,79-88,93-112H,5-19H2,1-4H3,(H,75,89)(H,76,90)(H,77,91)(H,78,92)(H,113,114)/t24?,25-,26+,27+,28+,29+,30+,31+,32+,33+,34+,35+,36+,37+,38+,39+,40-,41-,42-,43+,44+,45+,46+,47+,48-,49-,50-,51-,52+,53+,54+,55-,56-,57+,58+,59+,60+,61+,62-,63-,64-,65-,66-,67-,68-,69-,70-,71-,72-,73+/m0/s1. The topological polar surface area (TPSA) is 957 Å². The fraction of sp³-hybridized carbons (Fsp3) is 0.945. The minimum Gasteiger partial charge on any atom is -0.394 e. The molecule has 4 amide bonds. The van der Waals surface area contributed by atoms with Gasteiger partial charge in [0.2, 0.25) is 23.6 Å². The molecule has 9 fully saturated rings. The van der Waals surface area contributed by atoms with Crippen molar-refractivity contribution in [2.75, 3.05) is 99.0 Å². The number of aliphatic hydroxyl groups is 30. The van der Waals surface area contributed by atoms with E-state index in [0.29, 0.717) is 0 Å². The molecular formula is C73H128N5O56P. The highest BCUT2D eigenvalue weighted by Crippen LogP contribution is 2.44. The highest BCUT2D eigenvalue weighted by atomic mass is 31.2. The lowest BCUT2D eigenvalue weighted by atomic mass is 9.93. The van der Waals surface area contributed by atoms with E-state index in [1.165, 1.54) is 0 Å². The number of hydrogen-bond acceptors (Lipinski definition) is 56. The van der Waals surface area contributed by atoms with E-state index in [1.54, 1.807) is 0 Å². The van der Waals surface area contributed by atoms with Crippen LogP contribution in [0.1, 0.15) is 27.7 Å². The molecule has 0 bridgehead atoms. The Morgan fingerprint density at radius 1 is 0.333 bits per heavy atom. The molecule has 0 radical (unpaired) electrons. The van der Waals surface area contributed by atoms with Gasteiger partial charge in [0.25, 0.3) is 0 Å². The molecule has 61 nitrogen and oxygen atoms in total. The number of hydrogen-bond donors (Lipinski definition) is 36. The highest BCUT2D eigenvalue weighted by molar-refractivity contribution is 7.47. The van der Waals surface area contributed by atoms with Crippen LogP contribution in [-0.2, 0) is 118 Å². The summed E-state index contributed by atoms with van der Waals surface area (Å²) in [5.41, 5.74) is 0. The Morgan fingerprint density at radius 2 is 0.667 bits per heavy atom. The van der Waals surface area contributed by atoms with Gasteiger partial charge in [0.05, 0.1) is 91.9 Å². The van der Waals surface area contributed by atoms with Gasteiger partial charge in [-0.2, -0.15) is 0 Å². The van der Waals surface area contributed by atoms with Crippen LogP contribution in [0.2, 0.25) is 0 Å². The van der Waals surface area contributed by atoms with Crippen LogP contribution in [0.4, 0.5) is 0 Å². The van der Waals surface area contributed by atoms with Gasteiger partial charge in [-0.1, -0.05) is 0 Å². The zero-order valence-corrected chi connectivity index (χ0v) is 73.4. The first-order valence-electron chi connectivity index (χ1n) is 42.7. The van der Waals surface area contributed by atoms with Crippen LogP contribution in [-0.4, -0.2) is 587 Å². The van der Waals surface area contributed by atoms with Crippen molar-refractivity contribution in [3.63, 3.8) is 0 Å². The molecule has 135 heavy (non-hydrogen) atoms. The summed E-state index contributed by atoms with van der Waals surface area (Å²) in [6.45, 7) is -12.1. The van der Waals surface area contributed by atoms with Crippen LogP contribution < -0.4 is 26.6 Å². The molecule has 9 aliphatic rings. The fourth-order valence-corrected chi connectivity index (χ4v) is 17.1. The van der Waals surface area contributed by atoms with E-state index >= 15 is 0 Å². The highest BCUT2D eigenvalue weighted by Gasteiger charge is 2.62. The average molecular weight is 2000 g/mol. The molecule has 0 spiro atoms. The third kappa shape index (κ3) is 28.0. The Morgan fingerprint density at radius 3 is 1.04 bits per heavy atom. The lowest BCUT2D eigenvalue weighted by Gasteiger charge is -2.52. The molecule has 9 rings (SSSR count). The molecule has 0 aromatic rings. The first-order chi connectivity index (χ1) is 63.8. The molecule has 0 aromatic heterocycles. The minimum atomic E-state index is -4.95. The van der Waals surface area contributed by atoms with Crippen LogP contribution in [0.3, 0.4) is 0 Å². The van der Waals surface area contributed by atoms with E-state index in [2.05, 4.69) is 31.1 Å². The van der Waals surface area contributed by atoms with Crippen LogP contribution in [0.25, 0.3) is 0 Å². The van der Waals surface area contributed by atoms with Gasteiger partial charge in [0.1, 0.15) is 244 Å². The van der Waals surface area contributed by atoms with Gasteiger partial charge in [-0.05, 0) is 0 Å². The number of ether oxygens (including phenoxy) is 18. The summed E-state index contributed by atoms with van der Waals surface area (Å²) >= 11 is 0. The quantitative estimate of drug-likeness (QED) is 0.0199. The number of carbonyl (C=O) groups excluding carboxylic acids is 4. The maximum absolute atomic E-state index is 13.4. The number of aliphatic hydroxyl groups excluding tert-OH is 30. The van der Waals surface area contributed by atoms with Gasteiger partial charge in [0, 0.05) is 40.8 Å². The van der Waals surface area contributed by atoms with Crippen LogP contribution >= 0.6 is 7.82 Å². The Balaban J connectivity index is 1.12. The van der Waals surface area contributed by atoms with Crippen molar-refractivity contribution in [1.29, 1.82) is 0 Å². The van der Waals surface area contributed by atoms with Gasteiger partial charge in [0.15, 0.2) is 56.6 Å². The largest absolute Gasteiger partial charge is 0.472 e. The third-order valence-electron chi connectivity index (χ3n) is 23.5. The molecule has 51 atom stereocenters. The predicted molar refractivity (Wildman–Crippen MR) is 419 cm³/mol. The molecule has 2 unspecified atom stereocenters. The van der Waals surface area contributed by atoms with E-state index in [9.17, 15) is 177 Å². The zero-order valence-electron chi connectivity index (χ0n) is 72.5. The van der Waals surface area contributed by atoms with Gasteiger partial charge in [-0.3, -0.25) is 28.2 Å². The second-order valence-electron chi connectivity index (χ2n) is 33.2. The van der Waals surface area contributed by atoms with Crippen molar-refractivity contribution in [2.45, 2.75) is 334 Å². The lowest BCUT2D eigenvalue weighted by Crippen LogP contribution is -2.71. The summed E-state index contributed by atoms with van der Waals surface area (Å²) in [6.07, 6.45) is -101. The molecule has 36 N–H and O–H groups in total. The van der Waals surface area contributed by atoms with E-state index in [1.807, 2.05) is 0 Å². The van der Waals surface area contributed by atoms with Crippen molar-refractivity contribution in [3.8, 4) is 0 Å². The van der Waals surface area contributed by atoms with Gasteiger partial charge < -0.3 is 270 Å². The zero-order chi connectivity index (χ0) is 100.0. The van der Waals surface area contributed by atoms with E-state index in [0.717, 1.165) is 27.7 Å². The smallest absolute Gasteiger partial charge is 0.394 e. The molecule has 0 saturated carbocycles. The summed E-state index contributed by atoms with van der Waals surface area (Å²) in [7, 11) is -4.95. The second kappa shape index (κ2) is 52.0. The Hall–Kier alpha value is -3.97. The van der Waals surface area contributed by atoms with Crippen LogP contribution in [0, 0.1) is 0 Å². The van der Waals surface area contributed by atoms with Crippen molar-refractivity contribution >= 4 is 31.5 Å². The lowest BCUT2D eigenvalue weighted by molar-refractivity contribution is -0.404. The van der Waals surface area contributed by atoms with E-state index < -0.39 is 437 Å². The summed E-state index contributed by atoms with van der Waals surface area (Å²) in [5.74, 6) is -4.02. The van der Waals surface area contributed by atoms with Gasteiger partial charge >= 0.3 is 7.82 Å². The van der Waals surface area contributed by atoms with Crippen molar-refractivity contribution in [3.05, 3.63) is 0 Å². The Bertz CT molecular complexity index is 3640. The van der Waals surface area contributed by atoms with Crippen LogP contribution in [0.15, 0.2) is 0 Å². The summed E-state index contributed by atoms with van der Waals surface area (Å²) in [4.78, 5) is 62.6. The van der Waals surface area contributed by atoms with Gasteiger partial charge in [-0.25, -0.2) is 4.57 Å². The normalized spacial score (nSPS) is 44.3. The molecular weight excluding hydrogens is 1870 g/mol. The number of nitrogens with one attached hydrogen (secondary N) is 5. The maximum atomic E-state index is 13.4. The molecule has 0 aromatic carbocycles. The van der Waals surface area contributed by atoms with Crippen molar-refractivity contribution in [2.24, 2.45) is 0 Å². The van der Waals surface area contributed by atoms with Crippen molar-refractivity contribution < 1.29 is 276 Å². The fourth-order valence-electron chi connectivity index (χ4n) is 16.3. The number of phosphoric ester groups is 1. The first kappa shape index (κ1) is 115. The Kier molecular flexibility index (Phi) is 44.2. The number of rotatable bonds is 45. The van der Waals surface area contributed by atoms with Crippen molar-refractivity contribution in [1.82, 2.24) is 26.6 Å². The SMILES string of the molecule is CC(=O)N[C@H]1[C@H](O[C@@H]2[C@@H](O[C@@H]3[C@H](O)[C@H](O[C@@H]([C@H](O)[C@H](CNCCOP(=O)(O)OCC(O)CO)NC(C)=O)[C@H](O)CO)O[C@H](CO[C@H]4O[C@H](CO)[C@@H](O)[C@H](O)[C@@H]4O[C@@H]4O[C@H](CO)[C@@H](O[C@@H]5O[C@H](CO)[C@H](O)[C@H](O)[C@H]5O)[C@H](O)[C@H]4NC(C)=O)[C@H]3O)O[C@H](CO)[C@@H](O[C@@H]3O[C@H](CO)[C@@H](O[C@@H]4O[C@H](CO)[C@H](O)[C@H](O)[C@H]4O)[C@H](O)[C@H]3NC(C)=O)[C@@H]2O)O[C@H](CO)[C@@H](O[C@@H]2O[C@H](CO)[C@H](O)[C@H](O)[C@H]2O)[C@@H]1O. The van der Waals surface area contributed by atoms with E-state index in [4.69, 9.17) is 94.9 Å². The predicted octanol–water partition coefficient (Wildman–Crippen LogP) is -23.5. The summed E-state index contributed by atoms with van der Waals surface area (Å²) in [5, 5.41) is 346. The first-order valence-corrected chi connectivity index (χ1v) is 44.2. The number of phosphoric acid groups is 1. The number of carbonyl (C=O) groups is 4.